The number of hydrogen-bond donors (Lipinski definition) is 1. The third kappa shape index (κ3) is 2.91. The Hall–Kier alpha value is -1.42. The molecule has 0 saturated carbocycles. The number of nitrogens with one attached hydrogen (secondary N) is 1. The molecule has 28 heavy (non-hydrogen) atoms. The quantitative estimate of drug-likeness (QED) is 0.320. The van der Waals surface area contributed by atoms with Crippen LogP contribution in [-0.2, 0) is 4.79 Å². The number of ether oxygens (including phenoxy) is 1. The molecule has 0 amide bonds. The third-order valence-corrected chi connectivity index (χ3v) is 8.42. The molecule has 0 radical (unpaired) electrons. The zero-order valence-corrected chi connectivity index (χ0v) is 18.7. The molecule has 3 atom stereocenters. The molecule has 4 nitrogen and oxygen atoms in total. The van der Waals surface area contributed by atoms with E-state index in [1.807, 2.05) is 12.1 Å². The van der Waals surface area contributed by atoms with Crippen LogP contribution in [0, 0.1) is 11.7 Å². The highest BCUT2D eigenvalue weighted by molar-refractivity contribution is 9.11. The fourth-order valence-electron chi connectivity index (χ4n) is 3.77. The minimum Gasteiger partial charge on any atom is -0.425 e. The summed E-state index contributed by atoms with van der Waals surface area (Å²) in [6.07, 6.45) is 0. The predicted octanol–water partition coefficient (Wildman–Crippen LogP) is 5.61. The van der Waals surface area contributed by atoms with E-state index in [9.17, 15) is 14.0 Å². The van der Waals surface area contributed by atoms with E-state index in [1.54, 1.807) is 12.1 Å². The molecular formula is C19H10Br2FNO3S2. The molecule has 5 rings (SSSR count). The van der Waals surface area contributed by atoms with E-state index in [2.05, 4.69) is 36.8 Å². The van der Waals surface area contributed by atoms with Gasteiger partial charge in [0.05, 0.1) is 20.7 Å². The summed E-state index contributed by atoms with van der Waals surface area (Å²) in [6, 6.07) is 9.87. The summed E-state index contributed by atoms with van der Waals surface area (Å²) in [5.74, 6) is -1.06. The van der Waals surface area contributed by atoms with Gasteiger partial charge in [0, 0.05) is 20.8 Å². The summed E-state index contributed by atoms with van der Waals surface area (Å²) in [4.78, 5) is 28.7. The Balaban J connectivity index is 1.75. The van der Waals surface area contributed by atoms with Crippen molar-refractivity contribution in [2.75, 3.05) is 0 Å². The molecule has 0 aliphatic carbocycles. The van der Waals surface area contributed by atoms with E-state index in [-0.39, 0.29) is 27.8 Å². The lowest BCUT2D eigenvalue weighted by atomic mass is 9.78. The number of fused-ring (bicyclic) bond motifs is 5. The second-order valence-electron chi connectivity index (χ2n) is 6.53. The molecule has 2 aromatic carbocycles. The molecule has 0 spiro atoms. The summed E-state index contributed by atoms with van der Waals surface area (Å²) in [7, 11) is 0. The van der Waals surface area contributed by atoms with Gasteiger partial charge in [0.2, 0.25) is 0 Å². The normalized spacial score (nSPS) is 22.8. The summed E-state index contributed by atoms with van der Waals surface area (Å²) in [5, 5.41) is 0.448. The van der Waals surface area contributed by atoms with E-state index in [0.717, 1.165) is 36.8 Å². The predicted molar refractivity (Wildman–Crippen MR) is 113 cm³/mol. The van der Waals surface area contributed by atoms with Crippen molar-refractivity contribution in [2.45, 2.75) is 16.2 Å². The first kappa shape index (κ1) is 18.6. The van der Waals surface area contributed by atoms with Crippen LogP contribution in [-0.4, -0.2) is 11.0 Å². The lowest BCUT2D eigenvalue weighted by Gasteiger charge is -2.39. The molecule has 1 aromatic heterocycles. The lowest BCUT2D eigenvalue weighted by molar-refractivity contribution is -0.141. The molecular weight excluding hydrogens is 533 g/mol. The Kier molecular flexibility index (Phi) is 4.53. The second-order valence-corrected chi connectivity index (χ2v) is 10.5. The van der Waals surface area contributed by atoms with Crippen molar-refractivity contribution in [2.24, 2.45) is 5.92 Å². The molecule has 0 saturated heterocycles. The molecule has 3 aromatic rings. The zero-order chi connectivity index (χ0) is 19.6. The van der Waals surface area contributed by atoms with E-state index in [0.29, 0.717) is 10.2 Å². The van der Waals surface area contributed by atoms with Gasteiger partial charge in [-0.15, -0.1) is 0 Å². The van der Waals surface area contributed by atoms with Crippen molar-refractivity contribution in [1.82, 2.24) is 4.98 Å². The molecule has 0 unspecified atom stereocenters. The number of rotatable bonds is 1. The van der Waals surface area contributed by atoms with E-state index in [1.165, 1.54) is 23.9 Å². The van der Waals surface area contributed by atoms with Gasteiger partial charge in [0.1, 0.15) is 11.6 Å². The standard InChI is InChI=1S/C19H10Br2FNO3S2/c20-8-5-10-12-13(18(24)26-14(10)11(21)6-8)15(7-1-3-9(22)4-2-7)27-17-16(12)28-19(25)23-17/h1-6,12-13,15H,(H,23,25)/t12-,13+,15-/m0/s1. The highest BCUT2D eigenvalue weighted by Gasteiger charge is 2.50. The summed E-state index contributed by atoms with van der Waals surface area (Å²) >= 11 is 9.51. The average Bonchev–Trinajstić information content (AvgIpc) is 3.02. The second kappa shape index (κ2) is 6.83. The van der Waals surface area contributed by atoms with Crippen LogP contribution >= 0.6 is 55.0 Å². The number of hydrogen-bond acceptors (Lipinski definition) is 5. The fraction of sp³-hybridized carbons (Fsp3) is 0.158. The first-order valence-electron chi connectivity index (χ1n) is 8.28. The van der Waals surface area contributed by atoms with Crippen molar-refractivity contribution in [3.05, 3.63) is 76.8 Å². The van der Waals surface area contributed by atoms with Gasteiger partial charge in [-0.05, 0) is 45.8 Å². The number of thioether (sulfide) groups is 1. The summed E-state index contributed by atoms with van der Waals surface area (Å²) < 4.78 is 20.7. The molecule has 0 fully saturated rings. The van der Waals surface area contributed by atoms with Crippen LogP contribution in [0.5, 0.6) is 5.75 Å². The molecule has 142 valence electrons. The first-order chi connectivity index (χ1) is 13.4. The zero-order valence-electron chi connectivity index (χ0n) is 13.9. The smallest absolute Gasteiger partial charge is 0.316 e. The maximum Gasteiger partial charge on any atom is 0.316 e. The molecule has 2 aliphatic rings. The van der Waals surface area contributed by atoms with E-state index >= 15 is 0 Å². The number of carbonyl (C=O) groups is 1. The summed E-state index contributed by atoms with van der Waals surface area (Å²) in [6.45, 7) is 0. The number of aromatic amines is 1. The van der Waals surface area contributed by atoms with Crippen LogP contribution in [0.2, 0.25) is 0 Å². The fourth-order valence-corrected chi connectivity index (χ4v) is 7.69. The highest BCUT2D eigenvalue weighted by atomic mass is 79.9. The monoisotopic (exact) mass is 541 g/mol. The average molecular weight is 543 g/mol. The number of aromatic nitrogens is 1. The number of benzene rings is 2. The Labute approximate surface area is 183 Å². The number of H-pyrrole nitrogens is 1. The number of esters is 1. The van der Waals surface area contributed by atoms with Gasteiger partial charge in [0.25, 0.3) is 0 Å². The largest absolute Gasteiger partial charge is 0.425 e. The van der Waals surface area contributed by atoms with Crippen LogP contribution in [0.25, 0.3) is 0 Å². The minimum absolute atomic E-state index is 0.162. The van der Waals surface area contributed by atoms with E-state index in [4.69, 9.17) is 4.74 Å². The van der Waals surface area contributed by atoms with Crippen LogP contribution in [0.15, 0.2) is 55.2 Å². The van der Waals surface area contributed by atoms with Crippen molar-refractivity contribution in [3.63, 3.8) is 0 Å². The van der Waals surface area contributed by atoms with Crippen LogP contribution in [0.4, 0.5) is 4.39 Å². The lowest BCUT2D eigenvalue weighted by Crippen LogP contribution is -2.37. The van der Waals surface area contributed by atoms with E-state index < -0.39 is 5.92 Å². The van der Waals surface area contributed by atoms with Gasteiger partial charge in [0.15, 0.2) is 0 Å². The van der Waals surface area contributed by atoms with Crippen molar-refractivity contribution < 1.29 is 13.9 Å². The Morgan fingerprint density at radius 1 is 1.11 bits per heavy atom. The third-order valence-electron chi connectivity index (χ3n) is 4.90. The molecule has 3 heterocycles. The van der Waals surface area contributed by atoms with Gasteiger partial charge in [-0.2, -0.15) is 0 Å². The number of carbonyl (C=O) groups excluding carboxylic acids is 1. The van der Waals surface area contributed by atoms with Crippen molar-refractivity contribution in [3.8, 4) is 5.75 Å². The van der Waals surface area contributed by atoms with Crippen molar-refractivity contribution >= 4 is 60.9 Å². The SMILES string of the molecule is O=C1Oc2c(Br)cc(Br)cc2[C@@H]2c3sc(=O)[nH]c3S[C@@H](c3ccc(F)cc3)[C@H]12. The molecule has 2 aliphatic heterocycles. The highest BCUT2D eigenvalue weighted by Crippen LogP contribution is 2.59. The molecule has 9 heteroatoms. The van der Waals surface area contributed by atoms with Crippen LogP contribution in [0.3, 0.4) is 0 Å². The maximum absolute atomic E-state index is 13.4. The van der Waals surface area contributed by atoms with Gasteiger partial charge in [-0.1, -0.05) is 51.2 Å². The molecule has 0 bridgehead atoms. The minimum atomic E-state index is -0.525. The van der Waals surface area contributed by atoms with Gasteiger partial charge < -0.3 is 9.72 Å². The maximum atomic E-state index is 13.4. The Bertz CT molecular complexity index is 1170. The van der Waals surface area contributed by atoms with Crippen molar-refractivity contribution in [1.29, 1.82) is 0 Å². The van der Waals surface area contributed by atoms with Gasteiger partial charge >= 0.3 is 10.8 Å². The number of halogens is 3. The Morgan fingerprint density at radius 3 is 2.61 bits per heavy atom. The van der Waals surface area contributed by atoms with Gasteiger partial charge in [-0.3, -0.25) is 9.59 Å². The van der Waals surface area contributed by atoms with Crippen LogP contribution in [0.1, 0.15) is 27.2 Å². The first-order valence-corrected chi connectivity index (χ1v) is 11.6. The van der Waals surface area contributed by atoms with Crippen LogP contribution < -0.4 is 9.61 Å². The topological polar surface area (TPSA) is 59.2 Å². The van der Waals surface area contributed by atoms with Gasteiger partial charge in [-0.25, -0.2) is 4.39 Å². The Morgan fingerprint density at radius 2 is 1.86 bits per heavy atom. The summed E-state index contributed by atoms with van der Waals surface area (Å²) in [5.41, 5.74) is 1.66. The molecule has 1 N–H and O–H groups in total. The number of thiazole rings is 1.